The molecule has 0 fully saturated rings. The van der Waals surface area contributed by atoms with Crippen molar-refractivity contribution in [1.29, 1.82) is 0 Å². The lowest BCUT2D eigenvalue weighted by Crippen LogP contribution is -2.26. The first-order valence-corrected chi connectivity index (χ1v) is 7.43. The van der Waals surface area contributed by atoms with Gasteiger partial charge in [0.1, 0.15) is 11.5 Å². The van der Waals surface area contributed by atoms with Crippen LogP contribution in [0.2, 0.25) is 0 Å². The van der Waals surface area contributed by atoms with Crippen LogP contribution in [0.15, 0.2) is 47.1 Å². The predicted molar refractivity (Wildman–Crippen MR) is 87.8 cm³/mol. The number of hydrogen-bond donors (Lipinski definition) is 1. The standard InChI is InChI=1S/C18H18N2O3/c1-12-16(18(21)19-8-7-14-4-3-9-23-14)10-13-5-6-15(22-2)11-17(13)20-12/h3-6,9-11H,7-8H2,1-2H3,(H,19,21). The number of nitrogens with one attached hydrogen (secondary N) is 1. The van der Waals surface area contributed by atoms with Gasteiger partial charge in [0.15, 0.2) is 0 Å². The third-order valence-corrected chi connectivity index (χ3v) is 3.70. The lowest BCUT2D eigenvalue weighted by molar-refractivity contribution is 0.0953. The van der Waals surface area contributed by atoms with Crippen LogP contribution in [0.5, 0.6) is 5.75 Å². The van der Waals surface area contributed by atoms with Gasteiger partial charge in [0.2, 0.25) is 0 Å². The Kier molecular flexibility index (Phi) is 4.28. The van der Waals surface area contributed by atoms with E-state index in [1.807, 2.05) is 43.3 Å². The largest absolute Gasteiger partial charge is 0.497 e. The number of fused-ring (bicyclic) bond motifs is 1. The first-order chi connectivity index (χ1) is 11.2. The molecule has 0 atom stereocenters. The third-order valence-electron chi connectivity index (χ3n) is 3.70. The summed E-state index contributed by atoms with van der Waals surface area (Å²) in [5.41, 5.74) is 2.09. The fraction of sp³-hybridized carbons (Fsp3) is 0.222. The molecule has 23 heavy (non-hydrogen) atoms. The number of aryl methyl sites for hydroxylation is 1. The molecule has 3 aromatic rings. The highest BCUT2D eigenvalue weighted by Gasteiger charge is 2.12. The van der Waals surface area contributed by atoms with E-state index in [9.17, 15) is 4.79 Å². The van der Waals surface area contributed by atoms with Crippen LogP contribution >= 0.6 is 0 Å². The molecule has 0 saturated carbocycles. The maximum Gasteiger partial charge on any atom is 0.253 e. The molecule has 5 nitrogen and oxygen atoms in total. The molecule has 2 heterocycles. The van der Waals surface area contributed by atoms with Crippen molar-refractivity contribution in [3.8, 4) is 5.75 Å². The second-order valence-corrected chi connectivity index (χ2v) is 5.27. The number of methoxy groups -OCH3 is 1. The zero-order valence-corrected chi connectivity index (χ0v) is 13.1. The second-order valence-electron chi connectivity index (χ2n) is 5.27. The van der Waals surface area contributed by atoms with Crippen LogP contribution in [-0.4, -0.2) is 24.5 Å². The van der Waals surface area contributed by atoms with Crippen molar-refractivity contribution < 1.29 is 13.9 Å². The molecule has 3 rings (SSSR count). The molecule has 0 bridgehead atoms. The molecular formula is C18H18N2O3. The van der Waals surface area contributed by atoms with Crippen molar-refractivity contribution in [2.45, 2.75) is 13.3 Å². The van der Waals surface area contributed by atoms with Crippen molar-refractivity contribution in [3.63, 3.8) is 0 Å². The molecule has 0 unspecified atom stereocenters. The molecule has 0 aliphatic rings. The maximum atomic E-state index is 12.4. The van der Waals surface area contributed by atoms with Crippen LogP contribution in [0, 0.1) is 6.92 Å². The van der Waals surface area contributed by atoms with Gasteiger partial charge >= 0.3 is 0 Å². The van der Waals surface area contributed by atoms with E-state index in [0.717, 1.165) is 22.4 Å². The van der Waals surface area contributed by atoms with Gasteiger partial charge in [0.05, 0.1) is 30.1 Å². The van der Waals surface area contributed by atoms with Crippen LogP contribution in [0.1, 0.15) is 21.8 Å². The third kappa shape index (κ3) is 3.34. The summed E-state index contributed by atoms with van der Waals surface area (Å²) in [4.78, 5) is 16.9. The molecule has 1 amide bonds. The Bertz CT molecular complexity index is 826. The van der Waals surface area contributed by atoms with Crippen LogP contribution < -0.4 is 10.1 Å². The lowest BCUT2D eigenvalue weighted by Gasteiger charge is -2.09. The number of hydrogen-bond acceptors (Lipinski definition) is 4. The van der Waals surface area contributed by atoms with Crippen LogP contribution in [0.3, 0.4) is 0 Å². The fourth-order valence-corrected chi connectivity index (χ4v) is 2.45. The Morgan fingerprint density at radius 3 is 2.91 bits per heavy atom. The summed E-state index contributed by atoms with van der Waals surface area (Å²) in [6.07, 6.45) is 2.29. The highest BCUT2D eigenvalue weighted by molar-refractivity contribution is 5.98. The maximum absolute atomic E-state index is 12.4. The molecule has 118 valence electrons. The lowest BCUT2D eigenvalue weighted by atomic mass is 10.1. The van der Waals surface area contributed by atoms with Gasteiger partial charge in [0.25, 0.3) is 5.91 Å². The summed E-state index contributed by atoms with van der Waals surface area (Å²) in [5, 5.41) is 3.81. The van der Waals surface area contributed by atoms with Crippen molar-refractivity contribution in [1.82, 2.24) is 10.3 Å². The normalized spacial score (nSPS) is 10.7. The Hall–Kier alpha value is -2.82. The van der Waals surface area contributed by atoms with E-state index < -0.39 is 0 Å². The second kappa shape index (κ2) is 6.52. The van der Waals surface area contributed by atoms with E-state index in [-0.39, 0.29) is 5.91 Å². The first-order valence-electron chi connectivity index (χ1n) is 7.43. The number of nitrogens with zero attached hydrogens (tertiary/aromatic N) is 1. The molecule has 2 aromatic heterocycles. The monoisotopic (exact) mass is 310 g/mol. The van der Waals surface area contributed by atoms with Gasteiger partial charge in [-0.15, -0.1) is 0 Å². The van der Waals surface area contributed by atoms with E-state index in [1.54, 1.807) is 13.4 Å². The van der Waals surface area contributed by atoms with E-state index in [4.69, 9.17) is 9.15 Å². The minimum absolute atomic E-state index is 0.126. The van der Waals surface area contributed by atoms with Gasteiger partial charge in [-0.3, -0.25) is 9.78 Å². The van der Waals surface area contributed by atoms with Gasteiger partial charge in [-0.2, -0.15) is 0 Å². The summed E-state index contributed by atoms with van der Waals surface area (Å²) >= 11 is 0. The summed E-state index contributed by atoms with van der Waals surface area (Å²) in [6, 6.07) is 11.2. The van der Waals surface area contributed by atoms with Crippen molar-refractivity contribution >= 4 is 16.8 Å². The van der Waals surface area contributed by atoms with Gasteiger partial charge in [-0.25, -0.2) is 0 Å². The summed E-state index contributed by atoms with van der Waals surface area (Å²) < 4.78 is 10.4. The zero-order chi connectivity index (χ0) is 16.2. The van der Waals surface area contributed by atoms with Crippen LogP contribution in [0.4, 0.5) is 0 Å². The Labute approximate surface area is 134 Å². The number of amides is 1. The number of ether oxygens (including phenoxy) is 1. The molecule has 0 spiro atoms. The number of carbonyl (C=O) groups excluding carboxylic acids is 1. The minimum atomic E-state index is -0.126. The quantitative estimate of drug-likeness (QED) is 0.786. The topological polar surface area (TPSA) is 64.4 Å². The molecule has 1 aromatic carbocycles. The van der Waals surface area contributed by atoms with Gasteiger partial charge in [0, 0.05) is 24.4 Å². The summed E-state index contributed by atoms with van der Waals surface area (Å²) in [6.45, 7) is 2.35. The van der Waals surface area contributed by atoms with E-state index in [0.29, 0.717) is 24.2 Å². The van der Waals surface area contributed by atoms with E-state index in [1.165, 1.54) is 0 Å². The molecule has 1 N–H and O–H groups in total. The summed E-state index contributed by atoms with van der Waals surface area (Å²) in [5.74, 6) is 1.48. The SMILES string of the molecule is COc1ccc2cc(C(=O)NCCc3ccco3)c(C)nc2c1. The van der Waals surface area contributed by atoms with Crippen LogP contribution in [-0.2, 0) is 6.42 Å². The Balaban J connectivity index is 1.75. The number of aromatic nitrogens is 1. The highest BCUT2D eigenvalue weighted by Crippen LogP contribution is 2.21. The van der Waals surface area contributed by atoms with Crippen molar-refractivity contribution in [2.75, 3.05) is 13.7 Å². The molecule has 0 saturated heterocycles. The number of rotatable bonds is 5. The minimum Gasteiger partial charge on any atom is -0.497 e. The number of benzene rings is 1. The fourth-order valence-electron chi connectivity index (χ4n) is 2.45. The molecule has 0 aliphatic heterocycles. The average Bonchev–Trinajstić information content (AvgIpc) is 3.06. The number of furan rings is 1. The molecule has 0 radical (unpaired) electrons. The van der Waals surface area contributed by atoms with E-state index in [2.05, 4.69) is 10.3 Å². The molecule has 0 aliphatic carbocycles. The summed E-state index contributed by atoms with van der Waals surface area (Å²) in [7, 11) is 1.62. The predicted octanol–water partition coefficient (Wildman–Crippen LogP) is 3.12. The smallest absolute Gasteiger partial charge is 0.253 e. The van der Waals surface area contributed by atoms with E-state index >= 15 is 0 Å². The van der Waals surface area contributed by atoms with Gasteiger partial charge in [-0.1, -0.05) is 0 Å². The Morgan fingerprint density at radius 1 is 1.30 bits per heavy atom. The number of pyridine rings is 1. The van der Waals surface area contributed by atoms with Crippen LogP contribution in [0.25, 0.3) is 10.9 Å². The van der Waals surface area contributed by atoms with Crippen molar-refractivity contribution in [3.05, 3.63) is 59.7 Å². The van der Waals surface area contributed by atoms with Gasteiger partial charge in [-0.05, 0) is 37.3 Å². The highest BCUT2D eigenvalue weighted by atomic mass is 16.5. The van der Waals surface area contributed by atoms with Crippen molar-refractivity contribution in [2.24, 2.45) is 0 Å². The first kappa shape index (κ1) is 15.1. The Morgan fingerprint density at radius 2 is 2.17 bits per heavy atom. The zero-order valence-electron chi connectivity index (χ0n) is 13.1. The molecule has 5 heteroatoms. The molecular weight excluding hydrogens is 292 g/mol. The number of carbonyl (C=O) groups is 1. The van der Waals surface area contributed by atoms with Gasteiger partial charge < -0.3 is 14.5 Å². The average molecular weight is 310 g/mol.